The normalized spacial score (nSPS) is 1.14. The van der Waals surface area contributed by atoms with Gasteiger partial charge in [0.05, 0.1) is 0 Å². The maximum Gasteiger partial charge on any atom is 0.373 e. The molecule has 0 fully saturated rings. The molecule has 0 heterocycles. The fourth-order valence-corrected chi connectivity index (χ4v) is 0. The van der Waals surface area contributed by atoms with Crippen LogP contribution in [0.1, 0.15) is 29.7 Å². The lowest BCUT2D eigenvalue weighted by Crippen LogP contribution is -1.22. The Morgan fingerprint density at radius 1 is 0.714 bits per heavy atom. The molecule has 48 valence electrons. The fourth-order valence-electron chi connectivity index (χ4n) is 0. The molecule has 0 aromatic heterocycles. The van der Waals surface area contributed by atoms with Gasteiger partial charge in [-0.1, -0.05) is 29.7 Å². The highest BCUT2D eigenvalue weighted by Crippen LogP contribution is 0.787. The van der Waals surface area contributed by atoms with Crippen molar-refractivity contribution in [2.45, 2.75) is 29.7 Å². The van der Waals surface area contributed by atoms with Crippen molar-refractivity contribution in [1.29, 1.82) is 0 Å². The molecule has 0 radical (unpaired) electrons. The van der Waals surface area contributed by atoms with Crippen LogP contribution >= 0.6 is 0 Å². The largest absolute Gasteiger partial charge is 0.373 e. The molecule has 0 aliphatic heterocycles. The van der Waals surface area contributed by atoms with Gasteiger partial charge < -0.3 is 0 Å². The molecule has 0 amide bonds. The van der Waals surface area contributed by atoms with E-state index in [1.165, 1.54) is 0 Å². The van der Waals surface area contributed by atoms with Crippen molar-refractivity contribution in [2.24, 2.45) is 0 Å². The zero-order valence-corrected chi connectivity index (χ0v) is 1.32. The third-order valence-electron chi connectivity index (χ3n) is 0. The van der Waals surface area contributed by atoms with Crippen LogP contribution in [-0.2, 0) is 9.59 Å². The molecule has 0 rings (SSSR count). The first kappa shape index (κ1) is 97.0. The SMILES string of the molecule is C.C.C.C.O=C=O. The summed E-state index contributed by atoms with van der Waals surface area (Å²) in [6.45, 7) is 0. The molecule has 2 heteroatoms. The predicted octanol–water partition coefficient (Wildman–Crippen LogP) is 1.96. The van der Waals surface area contributed by atoms with Crippen molar-refractivity contribution in [3.05, 3.63) is 0 Å². The minimum absolute atomic E-state index is 0. The molecule has 0 saturated heterocycles. The van der Waals surface area contributed by atoms with E-state index in [2.05, 4.69) is 0 Å². The Hall–Kier alpha value is -0.620. The van der Waals surface area contributed by atoms with Crippen LogP contribution in [0.25, 0.3) is 0 Å². The topological polar surface area (TPSA) is 34.1 Å². The van der Waals surface area contributed by atoms with E-state index in [9.17, 15) is 0 Å². The molecule has 0 unspecified atom stereocenters. The third-order valence-corrected chi connectivity index (χ3v) is 0. The first-order chi connectivity index (χ1) is 1.41. The summed E-state index contributed by atoms with van der Waals surface area (Å²) in [5, 5.41) is 0. The first-order valence-electron chi connectivity index (χ1n) is 0.408. The van der Waals surface area contributed by atoms with Gasteiger partial charge in [-0.3, -0.25) is 0 Å². The van der Waals surface area contributed by atoms with E-state index in [1.807, 2.05) is 0 Å². The van der Waals surface area contributed by atoms with Gasteiger partial charge in [-0.2, -0.15) is 9.59 Å². The van der Waals surface area contributed by atoms with E-state index in [1.54, 1.807) is 0 Å². The van der Waals surface area contributed by atoms with Gasteiger partial charge in [0.15, 0.2) is 0 Å². The Kier molecular flexibility index (Phi) is 9900. The monoisotopic (exact) mass is 108 g/mol. The first-order valence-corrected chi connectivity index (χ1v) is 0.408. The summed E-state index contributed by atoms with van der Waals surface area (Å²) in [5.74, 6) is 0. The lowest BCUT2D eigenvalue weighted by molar-refractivity contribution is -0.191. The van der Waals surface area contributed by atoms with Gasteiger partial charge >= 0.3 is 6.15 Å². The number of hydrogen-bond acceptors (Lipinski definition) is 2. The zero-order chi connectivity index (χ0) is 2.71. The Bertz CT molecular complexity index is 27.1. The standard InChI is InChI=1S/CO2.4CH4/c2-1-3;;;;/h;4*1H4. The van der Waals surface area contributed by atoms with Crippen LogP contribution in [0.4, 0.5) is 0 Å². The second-order valence-electron chi connectivity index (χ2n) is 0.0833. The van der Waals surface area contributed by atoms with Crippen LogP contribution in [0.5, 0.6) is 0 Å². The average molecular weight is 108 g/mol. The molecule has 0 aliphatic carbocycles. The minimum atomic E-state index is 0. The van der Waals surface area contributed by atoms with Crippen molar-refractivity contribution >= 4 is 6.15 Å². The smallest absolute Gasteiger partial charge is 0.186 e. The Morgan fingerprint density at radius 2 is 0.714 bits per heavy atom. The lowest BCUT2D eigenvalue weighted by Gasteiger charge is -0.945. The van der Waals surface area contributed by atoms with Gasteiger partial charge in [0.25, 0.3) is 0 Å². The summed E-state index contributed by atoms with van der Waals surface area (Å²) >= 11 is 0. The van der Waals surface area contributed by atoms with Gasteiger partial charge in [0.2, 0.25) is 0 Å². The summed E-state index contributed by atoms with van der Waals surface area (Å²) in [6.07, 6.45) is 0.250. The second-order valence-corrected chi connectivity index (χ2v) is 0.0833. The quantitative estimate of drug-likeness (QED) is 0.475. The number of rotatable bonds is 0. The summed E-state index contributed by atoms with van der Waals surface area (Å²) in [7, 11) is 0. The molecule has 0 aromatic rings. The highest BCUT2D eigenvalue weighted by Gasteiger charge is 1.13. The number of carbonyl (C=O) groups excluding carboxylic acids is 2. The molecule has 0 aliphatic rings. The third kappa shape index (κ3) is 160. The van der Waals surface area contributed by atoms with Crippen LogP contribution in [0, 0.1) is 0 Å². The van der Waals surface area contributed by atoms with Gasteiger partial charge in [-0.25, -0.2) is 0 Å². The lowest BCUT2D eigenvalue weighted by atomic mass is 11.8. The molecular weight excluding hydrogens is 92.1 g/mol. The summed E-state index contributed by atoms with van der Waals surface area (Å²) in [6, 6.07) is 0. The van der Waals surface area contributed by atoms with E-state index >= 15 is 0 Å². The van der Waals surface area contributed by atoms with Crippen LogP contribution in [0.15, 0.2) is 0 Å². The van der Waals surface area contributed by atoms with Crippen molar-refractivity contribution < 1.29 is 9.59 Å². The van der Waals surface area contributed by atoms with Gasteiger partial charge in [0, 0.05) is 0 Å². The summed E-state index contributed by atoms with van der Waals surface area (Å²) in [5.41, 5.74) is 0. The van der Waals surface area contributed by atoms with Crippen LogP contribution in [0.3, 0.4) is 0 Å². The average Bonchev–Trinajstić information content (AvgIpc) is 0.918. The molecule has 0 N–H and O–H groups in total. The van der Waals surface area contributed by atoms with E-state index < -0.39 is 0 Å². The minimum Gasteiger partial charge on any atom is -0.186 e. The molecule has 2 nitrogen and oxygen atoms in total. The highest BCUT2D eigenvalue weighted by atomic mass is 16.2. The fraction of sp³-hybridized carbons (Fsp3) is 0.800. The van der Waals surface area contributed by atoms with Gasteiger partial charge in [-0.15, -0.1) is 0 Å². The maximum absolute atomic E-state index is 8.12. The van der Waals surface area contributed by atoms with Crippen LogP contribution < -0.4 is 0 Å². The van der Waals surface area contributed by atoms with Crippen molar-refractivity contribution in [2.75, 3.05) is 0 Å². The van der Waals surface area contributed by atoms with E-state index in [0.29, 0.717) is 0 Å². The van der Waals surface area contributed by atoms with Crippen molar-refractivity contribution in [3.63, 3.8) is 0 Å². The Morgan fingerprint density at radius 3 is 0.714 bits per heavy atom. The molecule has 0 aromatic carbocycles. The van der Waals surface area contributed by atoms with E-state index in [4.69, 9.17) is 9.59 Å². The predicted molar refractivity (Wildman–Crippen MR) is 31.9 cm³/mol. The van der Waals surface area contributed by atoms with Gasteiger partial charge in [-0.05, 0) is 0 Å². The molecule has 0 bridgehead atoms. The van der Waals surface area contributed by atoms with Crippen molar-refractivity contribution in [3.8, 4) is 0 Å². The highest BCUT2D eigenvalue weighted by molar-refractivity contribution is 5.20. The van der Waals surface area contributed by atoms with Crippen LogP contribution in [0.2, 0.25) is 0 Å². The number of hydrogen-bond donors (Lipinski definition) is 0. The maximum atomic E-state index is 8.12. The summed E-state index contributed by atoms with van der Waals surface area (Å²) < 4.78 is 0. The Labute approximate surface area is 46.5 Å². The molecule has 0 saturated carbocycles. The second kappa shape index (κ2) is 715. The molecule has 0 atom stereocenters. The Balaban J connectivity index is -0.00000000333. The van der Waals surface area contributed by atoms with Gasteiger partial charge in [0.1, 0.15) is 0 Å². The molecule has 7 heavy (non-hydrogen) atoms. The van der Waals surface area contributed by atoms with Crippen molar-refractivity contribution in [1.82, 2.24) is 0 Å². The van der Waals surface area contributed by atoms with E-state index in [-0.39, 0.29) is 35.9 Å². The van der Waals surface area contributed by atoms with E-state index in [0.717, 1.165) is 0 Å². The van der Waals surface area contributed by atoms with Crippen LogP contribution in [-0.4, -0.2) is 6.15 Å². The molecule has 0 spiro atoms. The summed E-state index contributed by atoms with van der Waals surface area (Å²) in [4.78, 5) is 16.2. The molecular formula is C5H16O2. The zero-order valence-electron chi connectivity index (χ0n) is 1.32.